The van der Waals surface area contributed by atoms with E-state index in [1.54, 1.807) is 13.8 Å². The second-order valence-electron chi connectivity index (χ2n) is 6.11. The molecule has 0 saturated heterocycles. The number of rotatable bonds is 15. The fraction of sp³-hybridized carbons (Fsp3) is 0.882. The molecule has 142 valence electrons. The molecule has 0 aromatic carbocycles. The van der Waals surface area contributed by atoms with Crippen LogP contribution >= 0.6 is 0 Å². The summed E-state index contributed by atoms with van der Waals surface area (Å²) in [7, 11) is 0. The minimum Gasteiger partial charge on any atom is -0.463 e. The molecule has 0 saturated carbocycles. The van der Waals surface area contributed by atoms with Crippen LogP contribution in [0.1, 0.15) is 34.1 Å². The molecule has 0 aliphatic rings. The molecule has 0 fully saturated rings. The maximum Gasteiger partial charge on any atom is 0.308 e. The zero-order valence-electron chi connectivity index (χ0n) is 15.5. The fourth-order valence-electron chi connectivity index (χ4n) is 1.62. The third-order valence-corrected chi connectivity index (χ3v) is 2.85. The summed E-state index contributed by atoms with van der Waals surface area (Å²) >= 11 is 0. The number of ether oxygens (including phenoxy) is 4. The fourth-order valence-corrected chi connectivity index (χ4v) is 1.62. The molecule has 0 spiro atoms. The molecule has 0 unspecified atom stereocenters. The number of carbonyl (C=O) groups excluding carboxylic acids is 2. The van der Waals surface area contributed by atoms with Crippen LogP contribution in [0.2, 0.25) is 0 Å². The largest absolute Gasteiger partial charge is 0.463 e. The highest BCUT2D eigenvalue weighted by Gasteiger charge is 2.07. The van der Waals surface area contributed by atoms with Crippen LogP contribution in [0.5, 0.6) is 0 Å². The van der Waals surface area contributed by atoms with E-state index in [4.69, 9.17) is 18.9 Å². The molecule has 0 aromatic rings. The van der Waals surface area contributed by atoms with Crippen LogP contribution < -0.4 is 5.32 Å². The summed E-state index contributed by atoms with van der Waals surface area (Å²) in [5.74, 6) is 0.0918. The number of amides is 1. The van der Waals surface area contributed by atoms with Crippen molar-refractivity contribution in [3.8, 4) is 0 Å². The number of hydrogen-bond donors (Lipinski definition) is 1. The summed E-state index contributed by atoms with van der Waals surface area (Å²) in [5, 5.41) is 2.80. The highest BCUT2D eigenvalue weighted by molar-refractivity contribution is 5.76. The Labute approximate surface area is 145 Å². The lowest BCUT2D eigenvalue weighted by Gasteiger charge is -2.09. The molecule has 0 heterocycles. The number of hydrogen-bond acceptors (Lipinski definition) is 6. The lowest BCUT2D eigenvalue weighted by molar-refractivity contribution is -0.149. The van der Waals surface area contributed by atoms with Gasteiger partial charge in [0.15, 0.2) is 0 Å². The monoisotopic (exact) mass is 347 g/mol. The van der Waals surface area contributed by atoms with Crippen molar-refractivity contribution in [1.29, 1.82) is 0 Å². The van der Waals surface area contributed by atoms with Crippen molar-refractivity contribution in [2.24, 2.45) is 11.8 Å². The Morgan fingerprint density at radius 2 is 1.29 bits per heavy atom. The van der Waals surface area contributed by atoms with Gasteiger partial charge in [-0.25, -0.2) is 0 Å². The zero-order valence-corrected chi connectivity index (χ0v) is 15.5. The lowest BCUT2D eigenvalue weighted by atomic mass is 10.1. The quantitative estimate of drug-likeness (QED) is 0.356. The third kappa shape index (κ3) is 15.7. The van der Waals surface area contributed by atoms with Gasteiger partial charge in [0.1, 0.15) is 6.61 Å². The van der Waals surface area contributed by atoms with Crippen molar-refractivity contribution in [3.05, 3.63) is 0 Å². The molecule has 0 atom stereocenters. The van der Waals surface area contributed by atoms with Crippen molar-refractivity contribution < 1.29 is 28.5 Å². The molecule has 24 heavy (non-hydrogen) atoms. The summed E-state index contributed by atoms with van der Waals surface area (Å²) in [6, 6.07) is 0. The van der Waals surface area contributed by atoms with E-state index in [2.05, 4.69) is 5.32 Å². The van der Waals surface area contributed by atoms with E-state index in [1.807, 2.05) is 13.8 Å². The minimum absolute atomic E-state index is 0.0565. The van der Waals surface area contributed by atoms with Crippen molar-refractivity contribution in [3.63, 3.8) is 0 Å². The van der Waals surface area contributed by atoms with E-state index >= 15 is 0 Å². The van der Waals surface area contributed by atoms with E-state index in [-0.39, 0.29) is 24.4 Å². The summed E-state index contributed by atoms with van der Waals surface area (Å²) in [5.41, 5.74) is 0. The van der Waals surface area contributed by atoms with Gasteiger partial charge in [0, 0.05) is 13.0 Å². The molecule has 7 nitrogen and oxygen atoms in total. The van der Waals surface area contributed by atoms with Gasteiger partial charge in [-0.1, -0.05) is 27.7 Å². The molecule has 0 radical (unpaired) electrons. The van der Waals surface area contributed by atoms with E-state index in [0.29, 0.717) is 58.5 Å². The second-order valence-corrected chi connectivity index (χ2v) is 6.11. The van der Waals surface area contributed by atoms with Crippen LogP contribution in [-0.4, -0.2) is 64.7 Å². The van der Waals surface area contributed by atoms with E-state index in [9.17, 15) is 9.59 Å². The standard InChI is InChI=1S/C17H33NO6/c1-14(2)13-16(19)18-5-6-21-7-8-22-9-10-23-11-12-24-17(20)15(3)4/h14-15H,5-13H2,1-4H3,(H,18,19). The Balaban J connectivity index is 3.18. The van der Waals surface area contributed by atoms with Crippen LogP contribution in [-0.2, 0) is 28.5 Å². The van der Waals surface area contributed by atoms with Crippen molar-refractivity contribution in [2.75, 3.05) is 52.8 Å². The SMILES string of the molecule is CC(C)CC(=O)NCCOCCOCCOCCOC(=O)C(C)C. The van der Waals surface area contributed by atoms with Gasteiger partial charge in [0.2, 0.25) is 5.91 Å². The average molecular weight is 347 g/mol. The summed E-state index contributed by atoms with van der Waals surface area (Å²) in [6.45, 7) is 11.1. The summed E-state index contributed by atoms with van der Waals surface area (Å²) < 4.78 is 20.9. The van der Waals surface area contributed by atoms with Crippen LogP contribution in [0.25, 0.3) is 0 Å². The Bertz CT molecular complexity index is 333. The molecule has 0 bridgehead atoms. The highest BCUT2D eigenvalue weighted by atomic mass is 16.6. The number of nitrogens with one attached hydrogen (secondary N) is 1. The third-order valence-electron chi connectivity index (χ3n) is 2.85. The maximum absolute atomic E-state index is 11.4. The average Bonchev–Trinajstić information content (AvgIpc) is 2.50. The van der Waals surface area contributed by atoms with Crippen molar-refractivity contribution in [1.82, 2.24) is 5.32 Å². The smallest absolute Gasteiger partial charge is 0.308 e. The number of carbonyl (C=O) groups is 2. The lowest BCUT2D eigenvalue weighted by Crippen LogP contribution is -2.28. The molecule has 0 aromatic heterocycles. The van der Waals surface area contributed by atoms with Gasteiger partial charge in [0.05, 0.1) is 45.6 Å². The van der Waals surface area contributed by atoms with E-state index in [1.165, 1.54) is 0 Å². The van der Waals surface area contributed by atoms with Crippen LogP contribution in [0.15, 0.2) is 0 Å². The number of esters is 1. The Morgan fingerprint density at radius 3 is 1.79 bits per heavy atom. The second kappa shape index (κ2) is 15.4. The van der Waals surface area contributed by atoms with Crippen LogP contribution in [0.4, 0.5) is 0 Å². The van der Waals surface area contributed by atoms with Gasteiger partial charge in [-0.3, -0.25) is 9.59 Å². The summed E-state index contributed by atoms with van der Waals surface area (Å²) in [4.78, 5) is 22.5. The van der Waals surface area contributed by atoms with Crippen LogP contribution in [0.3, 0.4) is 0 Å². The summed E-state index contributed by atoms with van der Waals surface area (Å²) in [6.07, 6.45) is 0.541. The first-order valence-corrected chi connectivity index (χ1v) is 8.60. The molecule has 0 aliphatic carbocycles. The Hall–Kier alpha value is -1.18. The molecule has 1 amide bonds. The molecular weight excluding hydrogens is 314 g/mol. The zero-order chi connectivity index (χ0) is 18.2. The molecule has 0 aliphatic heterocycles. The predicted molar refractivity (Wildman–Crippen MR) is 90.7 cm³/mol. The van der Waals surface area contributed by atoms with E-state index < -0.39 is 0 Å². The van der Waals surface area contributed by atoms with E-state index in [0.717, 1.165) is 0 Å². The Kier molecular flexibility index (Phi) is 14.6. The molecule has 0 rings (SSSR count). The van der Waals surface area contributed by atoms with Crippen molar-refractivity contribution in [2.45, 2.75) is 34.1 Å². The highest BCUT2D eigenvalue weighted by Crippen LogP contribution is 1.97. The van der Waals surface area contributed by atoms with Gasteiger partial charge in [0.25, 0.3) is 0 Å². The minimum atomic E-state index is -0.215. The molecular formula is C17H33NO6. The van der Waals surface area contributed by atoms with Gasteiger partial charge < -0.3 is 24.3 Å². The normalized spacial score (nSPS) is 11.1. The molecule has 7 heteroatoms. The maximum atomic E-state index is 11.4. The molecule has 1 N–H and O–H groups in total. The first kappa shape index (κ1) is 22.8. The van der Waals surface area contributed by atoms with Gasteiger partial charge in [-0.05, 0) is 5.92 Å². The van der Waals surface area contributed by atoms with Crippen molar-refractivity contribution >= 4 is 11.9 Å². The van der Waals surface area contributed by atoms with Gasteiger partial charge in [-0.15, -0.1) is 0 Å². The van der Waals surface area contributed by atoms with Crippen LogP contribution in [0, 0.1) is 11.8 Å². The Morgan fingerprint density at radius 1 is 0.792 bits per heavy atom. The van der Waals surface area contributed by atoms with Gasteiger partial charge in [-0.2, -0.15) is 0 Å². The van der Waals surface area contributed by atoms with Gasteiger partial charge >= 0.3 is 5.97 Å². The first-order valence-electron chi connectivity index (χ1n) is 8.60. The predicted octanol–water partition coefficient (Wildman–Crippen LogP) is 1.40. The first-order chi connectivity index (χ1) is 11.4. The topological polar surface area (TPSA) is 83.1 Å².